The Bertz CT molecular complexity index is 461. The summed E-state index contributed by atoms with van der Waals surface area (Å²) in [5.74, 6) is -2.24. The lowest BCUT2D eigenvalue weighted by atomic mass is 10.1. The van der Waals surface area contributed by atoms with Crippen molar-refractivity contribution in [3.05, 3.63) is 35.9 Å². The van der Waals surface area contributed by atoms with Gasteiger partial charge in [0.1, 0.15) is 12.6 Å². The number of rotatable bonds is 6. The van der Waals surface area contributed by atoms with Gasteiger partial charge in [0, 0.05) is 0 Å². The van der Waals surface area contributed by atoms with Crippen LogP contribution in [0.2, 0.25) is 0 Å². The summed E-state index contributed by atoms with van der Waals surface area (Å²) in [6.07, 6.45) is 0. The number of carbonyl (C=O) groups is 3. The summed E-state index contributed by atoms with van der Waals surface area (Å²) in [4.78, 5) is 33.0. The molecule has 0 aliphatic carbocycles. The highest BCUT2D eigenvalue weighted by molar-refractivity contribution is 5.89. The number of carboxylic acids is 1. The fraction of sp³-hybridized carbons (Fsp3) is 0.250. The maximum atomic E-state index is 11.7. The van der Waals surface area contributed by atoms with E-state index in [1.165, 1.54) is 0 Å². The molecular weight excluding hydrogens is 250 g/mol. The molecule has 7 heteroatoms. The molecule has 0 aliphatic rings. The number of hydrogen-bond donors (Lipinski definition) is 4. The van der Waals surface area contributed by atoms with Crippen molar-refractivity contribution in [2.24, 2.45) is 5.73 Å². The van der Waals surface area contributed by atoms with Gasteiger partial charge in [-0.15, -0.1) is 0 Å². The van der Waals surface area contributed by atoms with Gasteiger partial charge in [0.15, 0.2) is 0 Å². The van der Waals surface area contributed by atoms with Crippen molar-refractivity contribution >= 4 is 17.8 Å². The van der Waals surface area contributed by atoms with Crippen molar-refractivity contribution in [2.75, 3.05) is 13.1 Å². The number of nitrogens with one attached hydrogen (secondary N) is 2. The minimum atomic E-state index is -1.15. The van der Waals surface area contributed by atoms with Crippen molar-refractivity contribution in [1.29, 1.82) is 0 Å². The van der Waals surface area contributed by atoms with Crippen LogP contribution in [0.3, 0.4) is 0 Å². The quantitative estimate of drug-likeness (QED) is 0.526. The number of benzene rings is 1. The maximum absolute atomic E-state index is 11.7. The lowest BCUT2D eigenvalue weighted by Crippen LogP contribution is -2.42. The highest BCUT2D eigenvalue weighted by Gasteiger charge is 2.16. The van der Waals surface area contributed by atoms with E-state index < -0.39 is 30.4 Å². The van der Waals surface area contributed by atoms with Gasteiger partial charge in [0.2, 0.25) is 11.8 Å². The van der Waals surface area contributed by atoms with E-state index in [1.54, 1.807) is 30.3 Å². The number of amides is 2. The molecule has 1 aromatic carbocycles. The lowest BCUT2D eigenvalue weighted by Gasteiger charge is -2.12. The molecule has 0 aromatic heterocycles. The summed E-state index contributed by atoms with van der Waals surface area (Å²) in [6, 6.07) is 7.84. The minimum absolute atomic E-state index is 0.313. The van der Waals surface area contributed by atoms with E-state index in [2.05, 4.69) is 10.6 Å². The van der Waals surface area contributed by atoms with E-state index >= 15 is 0 Å². The highest BCUT2D eigenvalue weighted by Crippen LogP contribution is 2.08. The molecule has 0 aliphatic heterocycles. The van der Waals surface area contributed by atoms with Crippen molar-refractivity contribution < 1.29 is 19.5 Å². The van der Waals surface area contributed by atoms with Crippen LogP contribution in [0.25, 0.3) is 0 Å². The van der Waals surface area contributed by atoms with E-state index in [1.807, 2.05) is 0 Å². The highest BCUT2D eigenvalue weighted by atomic mass is 16.4. The molecule has 5 N–H and O–H groups in total. The second kappa shape index (κ2) is 7.12. The van der Waals surface area contributed by atoms with Crippen LogP contribution in [-0.4, -0.2) is 36.0 Å². The average Bonchev–Trinajstić information content (AvgIpc) is 2.42. The van der Waals surface area contributed by atoms with E-state index in [0.29, 0.717) is 5.56 Å². The third-order valence-corrected chi connectivity index (χ3v) is 2.30. The molecule has 102 valence electrons. The third-order valence-electron chi connectivity index (χ3n) is 2.30. The van der Waals surface area contributed by atoms with Crippen molar-refractivity contribution in [2.45, 2.75) is 6.04 Å². The van der Waals surface area contributed by atoms with E-state index in [0.717, 1.165) is 0 Å². The molecule has 0 saturated carbocycles. The zero-order chi connectivity index (χ0) is 14.3. The molecule has 2 amide bonds. The van der Waals surface area contributed by atoms with Gasteiger partial charge in [-0.25, -0.2) is 0 Å². The Hall–Kier alpha value is -2.41. The Kier molecular flexibility index (Phi) is 5.49. The van der Waals surface area contributed by atoms with Crippen LogP contribution >= 0.6 is 0 Å². The van der Waals surface area contributed by atoms with Crippen LogP contribution < -0.4 is 16.4 Å². The summed E-state index contributed by atoms with van der Waals surface area (Å²) in [7, 11) is 0. The van der Waals surface area contributed by atoms with Crippen molar-refractivity contribution in [1.82, 2.24) is 10.6 Å². The molecule has 0 radical (unpaired) electrons. The summed E-state index contributed by atoms with van der Waals surface area (Å²) in [6.45, 7) is -0.800. The lowest BCUT2D eigenvalue weighted by molar-refractivity contribution is -0.137. The maximum Gasteiger partial charge on any atom is 0.322 e. The summed E-state index contributed by atoms with van der Waals surface area (Å²) in [5.41, 5.74) is 6.34. The van der Waals surface area contributed by atoms with Gasteiger partial charge in [-0.1, -0.05) is 30.3 Å². The molecular formula is C12H15N3O4. The first-order valence-electron chi connectivity index (χ1n) is 5.57. The number of carbonyl (C=O) groups excluding carboxylic acids is 2. The van der Waals surface area contributed by atoms with E-state index in [-0.39, 0.29) is 6.54 Å². The van der Waals surface area contributed by atoms with Gasteiger partial charge < -0.3 is 21.5 Å². The van der Waals surface area contributed by atoms with E-state index in [9.17, 15) is 14.4 Å². The first kappa shape index (κ1) is 14.7. The molecule has 0 fully saturated rings. The SMILES string of the molecule is N[C@H](C(=O)NCC(=O)NCC(=O)O)c1ccccc1. The van der Waals surface area contributed by atoms with Gasteiger partial charge in [0.25, 0.3) is 0 Å². The smallest absolute Gasteiger partial charge is 0.322 e. The molecule has 7 nitrogen and oxygen atoms in total. The molecule has 0 heterocycles. The first-order chi connectivity index (χ1) is 9.00. The number of aliphatic carboxylic acids is 1. The topological polar surface area (TPSA) is 122 Å². The Morgan fingerprint density at radius 1 is 1.11 bits per heavy atom. The zero-order valence-electron chi connectivity index (χ0n) is 10.1. The monoisotopic (exact) mass is 265 g/mol. The number of hydrogen-bond acceptors (Lipinski definition) is 4. The summed E-state index contributed by atoms with van der Waals surface area (Å²) < 4.78 is 0. The summed E-state index contributed by atoms with van der Waals surface area (Å²) in [5, 5.41) is 12.8. The minimum Gasteiger partial charge on any atom is -0.480 e. The van der Waals surface area contributed by atoms with Crippen LogP contribution in [0.5, 0.6) is 0 Å². The van der Waals surface area contributed by atoms with Crippen LogP contribution in [0, 0.1) is 0 Å². The molecule has 1 rings (SSSR count). The van der Waals surface area contributed by atoms with Crippen LogP contribution in [-0.2, 0) is 14.4 Å². The average molecular weight is 265 g/mol. The molecule has 0 spiro atoms. The Labute approximate surface area is 109 Å². The Morgan fingerprint density at radius 3 is 2.32 bits per heavy atom. The van der Waals surface area contributed by atoms with Crippen LogP contribution in [0.1, 0.15) is 11.6 Å². The predicted molar refractivity (Wildman–Crippen MR) is 67.0 cm³/mol. The normalized spacial score (nSPS) is 11.4. The van der Waals surface area contributed by atoms with Crippen LogP contribution in [0.15, 0.2) is 30.3 Å². The van der Waals surface area contributed by atoms with Crippen molar-refractivity contribution in [3.63, 3.8) is 0 Å². The van der Waals surface area contributed by atoms with E-state index in [4.69, 9.17) is 10.8 Å². The second-order valence-electron chi connectivity index (χ2n) is 3.78. The zero-order valence-corrected chi connectivity index (χ0v) is 10.1. The Balaban J connectivity index is 2.39. The number of nitrogens with two attached hydrogens (primary N) is 1. The fourth-order valence-electron chi connectivity index (χ4n) is 1.33. The molecule has 0 bridgehead atoms. The Morgan fingerprint density at radius 2 is 1.74 bits per heavy atom. The van der Waals surface area contributed by atoms with Gasteiger partial charge >= 0.3 is 5.97 Å². The standard InChI is InChI=1S/C12H15N3O4/c13-11(8-4-2-1-3-5-8)12(19)15-6-9(16)14-7-10(17)18/h1-5,11H,6-7,13H2,(H,14,16)(H,15,19)(H,17,18)/t11-/m0/s1. The molecule has 19 heavy (non-hydrogen) atoms. The predicted octanol–water partition coefficient (Wildman–Crippen LogP) is -0.997. The molecule has 1 atom stereocenters. The van der Waals surface area contributed by atoms with Gasteiger partial charge in [0.05, 0.1) is 6.54 Å². The molecule has 0 saturated heterocycles. The van der Waals surface area contributed by atoms with Crippen LogP contribution in [0.4, 0.5) is 0 Å². The third kappa shape index (κ3) is 5.17. The number of carboxylic acid groups (broad SMARTS) is 1. The molecule has 0 unspecified atom stereocenters. The fourth-order valence-corrected chi connectivity index (χ4v) is 1.33. The summed E-state index contributed by atoms with van der Waals surface area (Å²) >= 11 is 0. The largest absolute Gasteiger partial charge is 0.480 e. The first-order valence-corrected chi connectivity index (χ1v) is 5.57. The van der Waals surface area contributed by atoms with Gasteiger partial charge in [-0.2, -0.15) is 0 Å². The second-order valence-corrected chi connectivity index (χ2v) is 3.78. The van der Waals surface area contributed by atoms with Gasteiger partial charge in [-0.3, -0.25) is 14.4 Å². The molecule has 1 aromatic rings. The van der Waals surface area contributed by atoms with Gasteiger partial charge in [-0.05, 0) is 5.56 Å². The van der Waals surface area contributed by atoms with Crippen molar-refractivity contribution in [3.8, 4) is 0 Å².